The molecule has 0 N–H and O–H groups in total. The average Bonchev–Trinajstić information content (AvgIpc) is 2.47. The van der Waals surface area contributed by atoms with E-state index in [1.807, 2.05) is 30.3 Å². The minimum Gasteiger partial charge on any atom is -0.473 e. The van der Waals surface area contributed by atoms with Gasteiger partial charge in [0.1, 0.15) is 5.75 Å². The second-order valence-electron chi connectivity index (χ2n) is 4.68. The minimum absolute atomic E-state index is 0.0137. The van der Waals surface area contributed by atoms with E-state index in [9.17, 15) is 10.1 Å². The van der Waals surface area contributed by atoms with Gasteiger partial charge in [0.05, 0.1) is 9.40 Å². The summed E-state index contributed by atoms with van der Waals surface area (Å²) in [5, 5.41) is 11.4. The van der Waals surface area contributed by atoms with Crippen LogP contribution >= 0.6 is 47.8 Å². The number of halogens is 3. The third-order valence-electron chi connectivity index (χ3n) is 3.23. The van der Waals surface area contributed by atoms with Crippen LogP contribution in [0.1, 0.15) is 17.2 Å². The molecule has 0 radical (unpaired) electrons. The van der Waals surface area contributed by atoms with Gasteiger partial charge in [-0.25, -0.2) is 0 Å². The molecular formula is C15H8Br3NO3. The van der Waals surface area contributed by atoms with Crippen LogP contribution in [0.25, 0.3) is 6.08 Å². The Balaban J connectivity index is 2.13. The molecule has 1 aliphatic rings. The quantitative estimate of drug-likeness (QED) is 0.400. The number of benzene rings is 2. The molecule has 0 amide bonds. The topological polar surface area (TPSA) is 52.4 Å². The van der Waals surface area contributed by atoms with Crippen molar-refractivity contribution in [2.24, 2.45) is 0 Å². The van der Waals surface area contributed by atoms with E-state index in [2.05, 4.69) is 47.8 Å². The molecule has 112 valence electrons. The molecule has 1 heterocycles. The fourth-order valence-electron chi connectivity index (χ4n) is 2.25. The maximum absolute atomic E-state index is 11.4. The first-order valence-corrected chi connectivity index (χ1v) is 8.61. The second-order valence-corrected chi connectivity index (χ2v) is 7.37. The van der Waals surface area contributed by atoms with Crippen molar-refractivity contribution in [3.05, 3.63) is 76.8 Å². The molecule has 0 aromatic heterocycles. The van der Waals surface area contributed by atoms with Crippen LogP contribution in [0.15, 0.2) is 55.5 Å². The fraction of sp³-hybridized carbons (Fsp3) is 0.0667. The van der Waals surface area contributed by atoms with Crippen LogP contribution in [0.2, 0.25) is 0 Å². The van der Waals surface area contributed by atoms with E-state index in [-0.39, 0.29) is 5.70 Å². The molecule has 7 heteroatoms. The van der Waals surface area contributed by atoms with Crippen LogP contribution in [-0.2, 0) is 0 Å². The summed E-state index contributed by atoms with van der Waals surface area (Å²) in [5.74, 6) is 0.599. The number of ether oxygens (including phenoxy) is 1. The van der Waals surface area contributed by atoms with E-state index in [1.54, 1.807) is 12.1 Å². The standard InChI is InChI=1S/C15H8Br3NO3/c16-10-3-1-8(2-4-10)15-13(19(20)21)6-9-5-11(17)7-12(18)14(9)22-15/h1-7,15H. The number of fused-ring (bicyclic) bond motifs is 1. The Bertz CT molecular complexity index is 787. The summed E-state index contributed by atoms with van der Waals surface area (Å²) < 4.78 is 8.40. The Labute approximate surface area is 151 Å². The molecule has 2 aromatic rings. The van der Waals surface area contributed by atoms with E-state index in [0.717, 1.165) is 19.0 Å². The van der Waals surface area contributed by atoms with Crippen molar-refractivity contribution in [3.63, 3.8) is 0 Å². The molecule has 0 saturated carbocycles. The predicted molar refractivity (Wildman–Crippen MR) is 94.3 cm³/mol. The smallest absolute Gasteiger partial charge is 0.291 e. The third kappa shape index (κ3) is 2.98. The number of nitrogens with zero attached hydrogens (tertiary/aromatic N) is 1. The van der Waals surface area contributed by atoms with Gasteiger partial charge in [0, 0.05) is 26.1 Å². The van der Waals surface area contributed by atoms with Crippen molar-refractivity contribution in [3.8, 4) is 5.75 Å². The molecule has 0 spiro atoms. The van der Waals surface area contributed by atoms with Crippen molar-refractivity contribution in [1.82, 2.24) is 0 Å². The van der Waals surface area contributed by atoms with E-state index in [0.29, 0.717) is 11.3 Å². The molecule has 0 fully saturated rings. The zero-order valence-corrected chi connectivity index (χ0v) is 15.7. The van der Waals surface area contributed by atoms with Gasteiger partial charge < -0.3 is 4.74 Å². The molecule has 3 rings (SSSR count). The first kappa shape index (κ1) is 15.7. The molecule has 1 aliphatic heterocycles. The molecule has 0 bridgehead atoms. The molecule has 22 heavy (non-hydrogen) atoms. The highest BCUT2D eigenvalue weighted by molar-refractivity contribution is 9.11. The van der Waals surface area contributed by atoms with Crippen LogP contribution in [0.5, 0.6) is 5.75 Å². The van der Waals surface area contributed by atoms with Gasteiger partial charge in [-0.05, 0) is 40.2 Å². The lowest BCUT2D eigenvalue weighted by molar-refractivity contribution is -0.434. The second kappa shape index (κ2) is 6.14. The Morgan fingerprint density at radius 2 is 1.73 bits per heavy atom. The van der Waals surface area contributed by atoms with E-state index < -0.39 is 11.0 Å². The van der Waals surface area contributed by atoms with E-state index in [4.69, 9.17) is 4.74 Å². The largest absolute Gasteiger partial charge is 0.473 e. The lowest BCUT2D eigenvalue weighted by atomic mass is 10.0. The Kier molecular flexibility index (Phi) is 4.38. The highest BCUT2D eigenvalue weighted by atomic mass is 79.9. The Morgan fingerprint density at radius 1 is 1.05 bits per heavy atom. The van der Waals surface area contributed by atoms with Crippen LogP contribution in [0, 0.1) is 10.1 Å². The van der Waals surface area contributed by atoms with Crippen molar-refractivity contribution >= 4 is 53.9 Å². The van der Waals surface area contributed by atoms with Crippen LogP contribution in [0.4, 0.5) is 0 Å². The first-order valence-electron chi connectivity index (χ1n) is 6.23. The van der Waals surface area contributed by atoms with Crippen molar-refractivity contribution < 1.29 is 9.66 Å². The van der Waals surface area contributed by atoms with Crippen LogP contribution < -0.4 is 4.74 Å². The summed E-state index contributed by atoms with van der Waals surface area (Å²) >= 11 is 10.2. The van der Waals surface area contributed by atoms with Crippen molar-refractivity contribution in [2.75, 3.05) is 0 Å². The molecule has 2 aromatic carbocycles. The summed E-state index contributed by atoms with van der Waals surface area (Å²) in [6, 6.07) is 10.9. The van der Waals surface area contributed by atoms with Gasteiger partial charge in [0.15, 0.2) is 0 Å². The van der Waals surface area contributed by atoms with Gasteiger partial charge in [-0.1, -0.05) is 44.0 Å². The number of rotatable bonds is 2. The number of hydrogen-bond acceptors (Lipinski definition) is 3. The van der Waals surface area contributed by atoms with Gasteiger partial charge in [0.25, 0.3) is 5.70 Å². The van der Waals surface area contributed by atoms with E-state index in [1.165, 1.54) is 0 Å². The lowest BCUT2D eigenvalue weighted by Crippen LogP contribution is -2.20. The Hall–Kier alpha value is -1.18. The van der Waals surface area contributed by atoms with Crippen molar-refractivity contribution in [2.45, 2.75) is 6.10 Å². The minimum atomic E-state index is -0.743. The summed E-state index contributed by atoms with van der Waals surface area (Å²) in [6.07, 6.45) is 0.814. The number of hydrogen-bond donors (Lipinski definition) is 0. The van der Waals surface area contributed by atoms with Gasteiger partial charge in [-0.2, -0.15) is 0 Å². The average molecular weight is 490 g/mol. The Morgan fingerprint density at radius 3 is 2.36 bits per heavy atom. The molecular weight excluding hydrogens is 482 g/mol. The lowest BCUT2D eigenvalue weighted by Gasteiger charge is -2.24. The van der Waals surface area contributed by atoms with E-state index >= 15 is 0 Å². The molecule has 0 saturated heterocycles. The molecule has 1 atom stereocenters. The summed E-state index contributed by atoms with van der Waals surface area (Å²) in [7, 11) is 0. The normalized spacial score (nSPS) is 16.5. The van der Waals surface area contributed by atoms with Gasteiger partial charge >= 0.3 is 0 Å². The summed E-state index contributed by atoms with van der Waals surface area (Å²) in [4.78, 5) is 11.0. The first-order chi connectivity index (χ1) is 10.5. The summed E-state index contributed by atoms with van der Waals surface area (Å²) in [6.45, 7) is 0. The summed E-state index contributed by atoms with van der Waals surface area (Å²) in [5.41, 5.74) is 1.41. The highest BCUT2D eigenvalue weighted by Crippen LogP contribution is 2.43. The van der Waals surface area contributed by atoms with Gasteiger partial charge in [0.2, 0.25) is 6.10 Å². The zero-order chi connectivity index (χ0) is 15.9. The molecule has 0 aliphatic carbocycles. The maximum Gasteiger partial charge on any atom is 0.291 e. The number of nitro groups is 1. The monoisotopic (exact) mass is 487 g/mol. The fourth-order valence-corrected chi connectivity index (χ4v) is 3.87. The molecule has 4 nitrogen and oxygen atoms in total. The molecule has 1 unspecified atom stereocenters. The maximum atomic E-state index is 11.4. The van der Waals surface area contributed by atoms with Gasteiger partial charge in [-0.15, -0.1) is 0 Å². The SMILES string of the molecule is O=[N+]([O-])C1=Cc2cc(Br)cc(Br)c2OC1c1ccc(Br)cc1. The van der Waals surface area contributed by atoms with Crippen molar-refractivity contribution in [1.29, 1.82) is 0 Å². The van der Waals surface area contributed by atoms with Crippen LogP contribution in [0.3, 0.4) is 0 Å². The van der Waals surface area contributed by atoms with Crippen LogP contribution in [-0.4, -0.2) is 4.92 Å². The predicted octanol–water partition coefficient (Wildman–Crippen LogP) is 5.73. The highest BCUT2D eigenvalue weighted by Gasteiger charge is 2.34. The third-order valence-corrected chi connectivity index (χ3v) is 4.80. The van der Waals surface area contributed by atoms with Gasteiger partial charge in [-0.3, -0.25) is 10.1 Å². The zero-order valence-electron chi connectivity index (χ0n) is 10.9.